The molecule has 1 saturated heterocycles. The van der Waals surface area contributed by atoms with Crippen molar-refractivity contribution in [3.63, 3.8) is 0 Å². The standard InChI is InChI=1S/C14H21N3O4S/c1-17(2)22(19,20)13-8-10(4-5-12(13)21-3)14(18)16-11-6-7-15-9-11/h4-5,8,11,15H,6-7,9H2,1-3H3,(H,16,18). The van der Waals surface area contributed by atoms with Gasteiger partial charge in [0.2, 0.25) is 10.0 Å². The SMILES string of the molecule is COc1ccc(C(=O)NC2CCNC2)cc1S(=O)(=O)N(C)C. The Kier molecular flexibility index (Phi) is 5.05. The van der Waals surface area contributed by atoms with Gasteiger partial charge in [0, 0.05) is 32.2 Å². The van der Waals surface area contributed by atoms with Crippen molar-refractivity contribution in [2.45, 2.75) is 17.4 Å². The Hall–Kier alpha value is -1.64. The maximum Gasteiger partial charge on any atom is 0.251 e. The van der Waals surface area contributed by atoms with Crippen LogP contribution in [0.5, 0.6) is 5.75 Å². The Balaban J connectivity index is 2.32. The highest BCUT2D eigenvalue weighted by Crippen LogP contribution is 2.26. The lowest BCUT2D eigenvalue weighted by Gasteiger charge is -2.16. The third kappa shape index (κ3) is 3.40. The van der Waals surface area contributed by atoms with Crippen LogP contribution in [0.25, 0.3) is 0 Å². The quantitative estimate of drug-likeness (QED) is 0.797. The number of amides is 1. The van der Waals surface area contributed by atoms with Gasteiger partial charge in [-0.15, -0.1) is 0 Å². The number of hydrogen-bond acceptors (Lipinski definition) is 5. The molecule has 1 atom stereocenters. The smallest absolute Gasteiger partial charge is 0.251 e. The minimum Gasteiger partial charge on any atom is -0.495 e. The molecule has 122 valence electrons. The number of rotatable bonds is 5. The van der Waals surface area contributed by atoms with Crippen LogP contribution in [0.15, 0.2) is 23.1 Å². The molecule has 1 aliphatic rings. The molecule has 1 unspecified atom stereocenters. The van der Waals surface area contributed by atoms with Crippen molar-refractivity contribution in [1.29, 1.82) is 0 Å². The van der Waals surface area contributed by atoms with Gasteiger partial charge in [-0.25, -0.2) is 12.7 Å². The van der Waals surface area contributed by atoms with Crippen LogP contribution >= 0.6 is 0 Å². The fraction of sp³-hybridized carbons (Fsp3) is 0.500. The van der Waals surface area contributed by atoms with E-state index in [1.54, 1.807) is 6.07 Å². The molecule has 1 aromatic carbocycles. The van der Waals surface area contributed by atoms with Gasteiger partial charge in [0.25, 0.3) is 5.91 Å². The second-order valence-electron chi connectivity index (χ2n) is 5.32. The second kappa shape index (κ2) is 6.64. The number of hydrogen-bond donors (Lipinski definition) is 2. The lowest BCUT2D eigenvalue weighted by molar-refractivity contribution is 0.0940. The number of ether oxygens (including phenoxy) is 1. The van der Waals surface area contributed by atoms with Crippen molar-refractivity contribution in [1.82, 2.24) is 14.9 Å². The first-order valence-electron chi connectivity index (χ1n) is 6.98. The largest absolute Gasteiger partial charge is 0.495 e. The molecule has 1 aromatic rings. The molecule has 0 aromatic heterocycles. The van der Waals surface area contributed by atoms with E-state index in [1.165, 1.54) is 33.3 Å². The molecule has 8 heteroatoms. The van der Waals surface area contributed by atoms with Gasteiger partial charge in [-0.3, -0.25) is 4.79 Å². The number of carbonyl (C=O) groups is 1. The third-order valence-electron chi connectivity index (χ3n) is 3.58. The summed E-state index contributed by atoms with van der Waals surface area (Å²) >= 11 is 0. The van der Waals surface area contributed by atoms with Crippen LogP contribution in [0.4, 0.5) is 0 Å². The van der Waals surface area contributed by atoms with Gasteiger partial charge in [0.05, 0.1) is 7.11 Å². The van der Waals surface area contributed by atoms with Crippen molar-refractivity contribution >= 4 is 15.9 Å². The molecule has 2 N–H and O–H groups in total. The maximum absolute atomic E-state index is 12.3. The molecular formula is C14H21N3O4S. The average Bonchev–Trinajstić information content (AvgIpc) is 2.99. The van der Waals surface area contributed by atoms with Crippen molar-refractivity contribution in [2.24, 2.45) is 0 Å². The minimum absolute atomic E-state index is 0.0165. The zero-order valence-electron chi connectivity index (χ0n) is 12.9. The molecule has 0 saturated carbocycles. The molecular weight excluding hydrogens is 306 g/mol. The van der Waals surface area contributed by atoms with Crippen molar-refractivity contribution in [3.05, 3.63) is 23.8 Å². The van der Waals surface area contributed by atoms with E-state index in [2.05, 4.69) is 10.6 Å². The fourth-order valence-electron chi connectivity index (χ4n) is 2.26. The number of nitrogens with one attached hydrogen (secondary N) is 2. The maximum atomic E-state index is 12.3. The molecule has 1 fully saturated rings. The van der Waals surface area contributed by atoms with E-state index in [-0.39, 0.29) is 22.6 Å². The predicted molar refractivity (Wildman–Crippen MR) is 82.6 cm³/mol. The molecule has 2 rings (SSSR count). The molecule has 0 spiro atoms. The van der Waals surface area contributed by atoms with E-state index in [4.69, 9.17) is 4.74 Å². The molecule has 22 heavy (non-hydrogen) atoms. The summed E-state index contributed by atoms with van der Waals surface area (Å²) in [6.45, 7) is 1.60. The summed E-state index contributed by atoms with van der Waals surface area (Å²) in [5.41, 5.74) is 0.299. The lowest BCUT2D eigenvalue weighted by Crippen LogP contribution is -2.36. The van der Waals surface area contributed by atoms with E-state index in [0.29, 0.717) is 5.56 Å². The van der Waals surface area contributed by atoms with Gasteiger partial charge in [0.1, 0.15) is 10.6 Å². The molecule has 7 nitrogen and oxygen atoms in total. The van der Waals surface area contributed by atoms with E-state index in [9.17, 15) is 13.2 Å². The Bertz CT molecular complexity index is 652. The summed E-state index contributed by atoms with van der Waals surface area (Å²) in [5.74, 6) is -0.0701. The molecule has 1 heterocycles. The summed E-state index contributed by atoms with van der Waals surface area (Å²) in [6, 6.07) is 4.48. The fourth-order valence-corrected chi connectivity index (χ4v) is 3.34. The Morgan fingerprint density at radius 3 is 2.68 bits per heavy atom. The van der Waals surface area contributed by atoms with Crippen molar-refractivity contribution < 1.29 is 17.9 Å². The summed E-state index contributed by atoms with van der Waals surface area (Å²) in [6.07, 6.45) is 0.866. The number of sulfonamides is 1. The monoisotopic (exact) mass is 327 g/mol. The molecule has 0 bridgehead atoms. The van der Waals surface area contributed by atoms with E-state index in [1.807, 2.05) is 0 Å². The first kappa shape index (κ1) is 16.7. The first-order valence-corrected chi connectivity index (χ1v) is 8.42. The second-order valence-corrected chi connectivity index (χ2v) is 7.44. The van der Waals surface area contributed by atoms with Gasteiger partial charge < -0.3 is 15.4 Å². The summed E-state index contributed by atoms with van der Waals surface area (Å²) in [7, 11) is 0.582. The minimum atomic E-state index is -3.69. The van der Waals surface area contributed by atoms with Crippen molar-refractivity contribution in [2.75, 3.05) is 34.3 Å². The van der Waals surface area contributed by atoms with Crippen molar-refractivity contribution in [3.8, 4) is 5.75 Å². The number of carbonyl (C=O) groups excluding carboxylic acids is 1. The van der Waals surface area contributed by atoms with E-state index in [0.717, 1.165) is 23.8 Å². The summed E-state index contributed by atoms with van der Waals surface area (Å²) in [5, 5.41) is 6.05. The Morgan fingerprint density at radius 1 is 1.41 bits per heavy atom. The van der Waals surface area contributed by atoms with E-state index >= 15 is 0 Å². The highest BCUT2D eigenvalue weighted by Gasteiger charge is 2.25. The van der Waals surface area contributed by atoms with E-state index < -0.39 is 10.0 Å². The molecule has 1 amide bonds. The lowest BCUT2D eigenvalue weighted by atomic mass is 10.2. The summed E-state index contributed by atoms with van der Waals surface area (Å²) < 4.78 is 30.9. The zero-order chi connectivity index (χ0) is 16.3. The van der Waals surface area contributed by atoms with Crippen LogP contribution in [-0.2, 0) is 10.0 Å². The highest BCUT2D eigenvalue weighted by atomic mass is 32.2. The zero-order valence-corrected chi connectivity index (χ0v) is 13.7. The Morgan fingerprint density at radius 2 is 2.14 bits per heavy atom. The van der Waals surface area contributed by atoms with Crippen LogP contribution < -0.4 is 15.4 Å². The first-order chi connectivity index (χ1) is 10.4. The molecule has 1 aliphatic heterocycles. The van der Waals surface area contributed by atoms with Crippen LogP contribution in [0, 0.1) is 0 Å². The van der Waals surface area contributed by atoms with Gasteiger partial charge in [-0.2, -0.15) is 0 Å². The average molecular weight is 327 g/mol. The van der Waals surface area contributed by atoms with Gasteiger partial charge in [0.15, 0.2) is 0 Å². The van der Waals surface area contributed by atoms with Crippen LogP contribution in [0.3, 0.4) is 0 Å². The molecule has 0 aliphatic carbocycles. The number of nitrogens with zero attached hydrogens (tertiary/aromatic N) is 1. The van der Waals surface area contributed by atoms with Gasteiger partial charge in [-0.1, -0.05) is 0 Å². The van der Waals surface area contributed by atoms with Gasteiger partial charge >= 0.3 is 0 Å². The number of benzene rings is 1. The number of methoxy groups -OCH3 is 1. The van der Waals surface area contributed by atoms with Crippen LogP contribution in [0.2, 0.25) is 0 Å². The molecule has 0 radical (unpaired) electrons. The third-order valence-corrected chi connectivity index (χ3v) is 5.42. The summed E-state index contributed by atoms with van der Waals surface area (Å²) in [4.78, 5) is 12.2. The van der Waals surface area contributed by atoms with Crippen LogP contribution in [-0.4, -0.2) is 59.0 Å². The van der Waals surface area contributed by atoms with Gasteiger partial charge in [-0.05, 0) is 31.2 Å². The normalized spacial score (nSPS) is 18.5. The highest BCUT2D eigenvalue weighted by molar-refractivity contribution is 7.89. The topological polar surface area (TPSA) is 87.7 Å². The Labute approximate surface area is 130 Å². The predicted octanol–water partition coefficient (Wildman–Crippen LogP) is 0.0372. The van der Waals surface area contributed by atoms with Crippen LogP contribution in [0.1, 0.15) is 16.8 Å².